The van der Waals surface area contributed by atoms with Gasteiger partial charge >= 0.3 is 0 Å². The Morgan fingerprint density at radius 1 is 1.25 bits per heavy atom. The number of rotatable bonds is 5. The molecule has 0 spiro atoms. The van der Waals surface area contributed by atoms with Crippen LogP contribution in [0.15, 0.2) is 59.4 Å². The Kier molecular flexibility index (Phi) is 4.94. The zero-order chi connectivity index (χ0) is 19.6. The molecule has 0 saturated carbocycles. The first-order valence-corrected chi connectivity index (χ1v) is 9.43. The molecule has 1 atom stereocenters. The van der Waals surface area contributed by atoms with Gasteiger partial charge in [-0.3, -0.25) is 9.78 Å². The van der Waals surface area contributed by atoms with E-state index in [1.54, 1.807) is 24.7 Å². The molecule has 144 valence electrons. The molecule has 6 heteroatoms. The third-order valence-electron chi connectivity index (χ3n) is 5.30. The van der Waals surface area contributed by atoms with E-state index in [9.17, 15) is 9.18 Å². The molecular formula is C22H22FN3O2. The molecule has 0 radical (unpaired) electrons. The minimum absolute atomic E-state index is 0.0397. The molecule has 0 aliphatic carbocycles. The second kappa shape index (κ2) is 7.54. The highest BCUT2D eigenvalue weighted by Gasteiger charge is 2.44. The Hall–Kier alpha value is -3.02. The maximum atomic E-state index is 13.4. The topological polar surface area (TPSA) is 59.2 Å². The fraction of sp³-hybridized carbons (Fsp3) is 0.318. The van der Waals surface area contributed by atoms with Gasteiger partial charge in [-0.05, 0) is 49.1 Å². The number of carbonyl (C=O) groups is 1. The van der Waals surface area contributed by atoms with Gasteiger partial charge in [-0.15, -0.1) is 0 Å². The van der Waals surface area contributed by atoms with E-state index in [-0.39, 0.29) is 11.7 Å². The van der Waals surface area contributed by atoms with Crippen molar-refractivity contribution in [1.29, 1.82) is 0 Å². The average molecular weight is 379 g/mol. The minimum Gasteiger partial charge on any atom is -0.443 e. The molecule has 0 bridgehead atoms. The Bertz CT molecular complexity index is 973. The third-order valence-corrected chi connectivity index (χ3v) is 5.30. The molecule has 2 aromatic heterocycles. The number of nitrogens with zero attached hydrogens (tertiary/aromatic N) is 3. The van der Waals surface area contributed by atoms with E-state index in [0.717, 1.165) is 24.0 Å². The number of benzene rings is 1. The lowest BCUT2D eigenvalue weighted by Crippen LogP contribution is -2.43. The Morgan fingerprint density at radius 3 is 2.89 bits per heavy atom. The predicted molar refractivity (Wildman–Crippen MR) is 102 cm³/mol. The van der Waals surface area contributed by atoms with Crippen molar-refractivity contribution < 1.29 is 13.6 Å². The van der Waals surface area contributed by atoms with Crippen LogP contribution in [0.5, 0.6) is 0 Å². The van der Waals surface area contributed by atoms with Crippen LogP contribution in [0.4, 0.5) is 4.39 Å². The number of pyridine rings is 1. The summed E-state index contributed by atoms with van der Waals surface area (Å²) in [5.74, 6) is 0.967. The fourth-order valence-corrected chi connectivity index (χ4v) is 3.84. The molecule has 3 aromatic rings. The monoisotopic (exact) mass is 379 g/mol. The van der Waals surface area contributed by atoms with Crippen LogP contribution in [0, 0.1) is 5.82 Å². The van der Waals surface area contributed by atoms with Crippen LogP contribution >= 0.6 is 0 Å². The number of likely N-dealkylation sites (tertiary alicyclic amines) is 1. The molecule has 1 aliphatic heterocycles. The van der Waals surface area contributed by atoms with E-state index in [4.69, 9.17) is 4.42 Å². The molecule has 1 fully saturated rings. The molecule has 3 heterocycles. The summed E-state index contributed by atoms with van der Waals surface area (Å²) in [5, 5.41) is 0. The number of halogens is 1. The summed E-state index contributed by atoms with van der Waals surface area (Å²) < 4.78 is 19.4. The Balaban J connectivity index is 1.52. The molecular weight excluding hydrogens is 357 g/mol. The summed E-state index contributed by atoms with van der Waals surface area (Å²) >= 11 is 0. The van der Waals surface area contributed by atoms with E-state index in [2.05, 4.69) is 9.97 Å². The van der Waals surface area contributed by atoms with E-state index in [1.165, 1.54) is 12.1 Å². The molecule has 0 N–H and O–H groups in total. The Morgan fingerprint density at radius 2 is 2.11 bits per heavy atom. The SMILES string of the molecule is C[C@@]1(c2ncc(Cc3cccc(F)c3)o2)CCCN1C(=O)Cc1cccnc1. The van der Waals surface area contributed by atoms with Gasteiger partial charge in [-0.1, -0.05) is 18.2 Å². The average Bonchev–Trinajstić information content (AvgIpc) is 3.30. The summed E-state index contributed by atoms with van der Waals surface area (Å²) in [6, 6.07) is 10.2. The lowest BCUT2D eigenvalue weighted by molar-refractivity contribution is -0.135. The van der Waals surface area contributed by atoms with Crippen LogP contribution in [0.2, 0.25) is 0 Å². The summed E-state index contributed by atoms with van der Waals surface area (Å²) in [4.78, 5) is 23.3. The normalized spacial score (nSPS) is 19.1. The molecule has 1 amide bonds. The highest BCUT2D eigenvalue weighted by molar-refractivity contribution is 5.79. The first kappa shape index (κ1) is 18.3. The van der Waals surface area contributed by atoms with Gasteiger partial charge < -0.3 is 9.32 Å². The summed E-state index contributed by atoms with van der Waals surface area (Å²) in [5.41, 5.74) is 1.14. The lowest BCUT2D eigenvalue weighted by atomic mass is 9.98. The maximum absolute atomic E-state index is 13.4. The van der Waals surface area contributed by atoms with Crippen molar-refractivity contribution in [2.24, 2.45) is 0 Å². The van der Waals surface area contributed by atoms with Crippen LogP contribution in [-0.2, 0) is 23.2 Å². The third kappa shape index (κ3) is 3.67. The summed E-state index contributed by atoms with van der Waals surface area (Å²) in [7, 11) is 0. The zero-order valence-corrected chi connectivity index (χ0v) is 15.8. The predicted octanol–water partition coefficient (Wildman–Crippen LogP) is 3.88. The number of oxazole rings is 1. The highest BCUT2D eigenvalue weighted by Crippen LogP contribution is 2.38. The Labute approximate surface area is 163 Å². The van der Waals surface area contributed by atoms with E-state index in [1.807, 2.05) is 30.0 Å². The molecule has 5 nitrogen and oxygen atoms in total. The van der Waals surface area contributed by atoms with Gasteiger partial charge in [0.25, 0.3) is 0 Å². The van der Waals surface area contributed by atoms with Crippen molar-refractivity contribution in [3.05, 3.63) is 83.6 Å². The molecule has 1 saturated heterocycles. The van der Waals surface area contributed by atoms with Crippen molar-refractivity contribution in [2.75, 3.05) is 6.54 Å². The van der Waals surface area contributed by atoms with Gasteiger partial charge in [0.05, 0.1) is 12.6 Å². The number of aromatic nitrogens is 2. The molecule has 0 unspecified atom stereocenters. The first-order valence-electron chi connectivity index (χ1n) is 9.43. The van der Waals surface area contributed by atoms with Crippen molar-refractivity contribution in [2.45, 2.75) is 38.1 Å². The fourth-order valence-electron chi connectivity index (χ4n) is 3.84. The van der Waals surface area contributed by atoms with Gasteiger partial charge in [0.1, 0.15) is 17.1 Å². The van der Waals surface area contributed by atoms with E-state index >= 15 is 0 Å². The maximum Gasteiger partial charge on any atom is 0.227 e. The van der Waals surface area contributed by atoms with Crippen LogP contribution in [0.25, 0.3) is 0 Å². The molecule has 1 aromatic carbocycles. The van der Waals surface area contributed by atoms with Crippen molar-refractivity contribution in [1.82, 2.24) is 14.9 Å². The molecule has 1 aliphatic rings. The molecule has 28 heavy (non-hydrogen) atoms. The van der Waals surface area contributed by atoms with Crippen LogP contribution < -0.4 is 0 Å². The van der Waals surface area contributed by atoms with Gasteiger partial charge in [-0.25, -0.2) is 9.37 Å². The second-order valence-electron chi connectivity index (χ2n) is 7.40. The smallest absolute Gasteiger partial charge is 0.227 e. The van der Waals surface area contributed by atoms with Crippen molar-refractivity contribution >= 4 is 5.91 Å². The number of amides is 1. The van der Waals surface area contributed by atoms with Crippen LogP contribution in [-0.4, -0.2) is 27.3 Å². The van der Waals surface area contributed by atoms with Gasteiger partial charge in [0.2, 0.25) is 11.8 Å². The molecule has 4 rings (SSSR count). The quantitative estimate of drug-likeness (QED) is 0.675. The zero-order valence-electron chi connectivity index (χ0n) is 15.8. The lowest BCUT2D eigenvalue weighted by Gasteiger charge is -2.32. The number of carbonyl (C=O) groups excluding carboxylic acids is 1. The van der Waals surface area contributed by atoms with E-state index < -0.39 is 5.54 Å². The van der Waals surface area contributed by atoms with Gasteiger partial charge in [-0.2, -0.15) is 0 Å². The van der Waals surface area contributed by atoms with Crippen molar-refractivity contribution in [3.8, 4) is 0 Å². The van der Waals surface area contributed by atoms with Crippen molar-refractivity contribution in [3.63, 3.8) is 0 Å². The second-order valence-corrected chi connectivity index (χ2v) is 7.40. The largest absolute Gasteiger partial charge is 0.443 e. The van der Waals surface area contributed by atoms with Crippen LogP contribution in [0.3, 0.4) is 0 Å². The van der Waals surface area contributed by atoms with E-state index in [0.29, 0.717) is 31.0 Å². The van der Waals surface area contributed by atoms with Gasteiger partial charge in [0, 0.05) is 25.4 Å². The number of hydrogen-bond acceptors (Lipinski definition) is 4. The first-order chi connectivity index (χ1) is 13.5. The number of hydrogen-bond donors (Lipinski definition) is 0. The highest BCUT2D eigenvalue weighted by atomic mass is 19.1. The van der Waals surface area contributed by atoms with Crippen LogP contribution in [0.1, 0.15) is 42.5 Å². The standard InChI is InChI=1S/C22H22FN3O2/c1-22(8-4-10-26(22)20(27)13-17-6-3-9-24-14-17)21-25-15-19(28-21)12-16-5-2-7-18(23)11-16/h2-3,5-7,9,11,14-15H,4,8,10,12-13H2,1H3/t22-/m0/s1. The van der Waals surface area contributed by atoms with Gasteiger partial charge in [0.15, 0.2) is 0 Å². The summed E-state index contributed by atoms with van der Waals surface area (Å²) in [6.45, 7) is 2.68. The summed E-state index contributed by atoms with van der Waals surface area (Å²) in [6.07, 6.45) is 7.55. The minimum atomic E-state index is -0.570.